The maximum absolute atomic E-state index is 11.1. The lowest BCUT2D eigenvalue weighted by Gasteiger charge is -2.07. The predicted octanol–water partition coefficient (Wildman–Crippen LogP) is 1.16. The van der Waals surface area contributed by atoms with Crippen molar-refractivity contribution < 1.29 is 14.3 Å². The molecule has 7 nitrogen and oxygen atoms in total. The molecule has 1 amide bonds. The van der Waals surface area contributed by atoms with Gasteiger partial charge in [0.2, 0.25) is 5.91 Å². The Balaban J connectivity index is 2.15. The summed E-state index contributed by atoms with van der Waals surface area (Å²) in [6.07, 6.45) is 0.638. The van der Waals surface area contributed by atoms with Gasteiger partial charge < -0.3 is 14.8 Å². The average Bonchev–Trinajstić information content (AvgIpc) is 2.93. The normalized spacial score (nSPS) is 10.6. The highest BCUT2D eigenvalue weighted by Gasteiger charge is 2.11. The zero-order valence-electron chi connectivity index (χ0n) is 13.7. The monoisotopic (exact) mass is 318 g/mol. The second-order valence-electron chi connectivity index (χ2n) is 5.10. The lowest BCUT2D eigenvalue weighted by atomic mass is 10.2. The molecule has 0 bridgehead atoms. The number of carbonyl (C=O) groups excluding carboxylic acids is 1. The van der Waals surface area contributed by atoms with E-state index in [0.717, 1.165) is 17.1 Å². The first-order chi connectivity index (χ1) is 11.1. The van der Waals surface area contributed by atoms with Gasteiger partial charge in [0, 0.05) is 20.5 Å². The number of nitrogens with one attached hydrogen (secondary N) is 1. The van der Waals surface area contributed by atoms with Crippen LogP contribution < -0.4 is 10.1 Å². The lowest BCUT2D eigenvalue weighted by molar-refractivity contribution is -0.119. The van der Waals surface area contributed by atoms with Gasteiger partial charge in [-0.1, -0.05) is 12.1 Å². The molecule has 0 saturated carbocycles. The third kappa shape index (κ3) is 5.07. The highest BCUT2D eigenvalue weighted by molar-refractivity contribution is 5.72. The molecule has 1 N–H and O–H groups in total. The first-order valence-electron chi connectivity index (χ1n) is 7.41. The molecule has 1 heterocycles. The highest BCUT2D eigenvalue weighted by atomic mass is 16.5. The number of ether oxygens (including phenoxy) is 2. The Labute approximate surface area is 135 Å². The Kier molecular flexibility index (Phi) is 6.10. The molecule has 1 aromatic heterocycles. The Morgan fingerprint density at radius 3 is 2.61 bits per heavy atom. The largest absolute Gasteiger partial charge is 0.497 e. The van der Waals surface area contributed by atoms with Crippen molar-refractivity contribution in [3.05, 3.63) is 41.5 Å². The Morgan fingerprint density at radius 2 is 2.00 bits per heavy atom. The van der Waals surface area contributed by atoms with Crippen molar-refractivity contribution in [1.29, 1.82) is 0 Å². The molecular weight excluding hydrogens is 296 g/mol. The lowest BCUT2D eigenvalue weighted by Crippen LogP contribution is -2.22. The fraction of sp³-hybridized carbons (Fsp3) is 0.438. The van der Waals surface area contributed by atoms with E-state index in [1.807, 2.05) is 28.9 Å². The molecule has 0 aliphatic heterocycles. The fourth-order valence-electron chi connectivity index (χ4n) is 2.09. The number of carbonyl (C=O) groups is 1. The number of rotatable bonds is 8. The van der Waals surface area contributed by atoms with Crippen molar-refractivity contribution in [2.24, 2.45) is 0 Å². The molecule has 0 atom stereocenters. The summed E-state index contributed by atoms with van der Waals surface area (Å²) in [7, 11) is 3.28. The standard InChI is InChI=1S/C16H22N4O3/c1-12(21)17-10-16-18-15(8-9-22-2)19-20(16)11-13-4-6-14(23-3)7-5-13/h4-7H,8-11H2,1-3H3,(H,17,21). The van der Waals surface area contributed by atoms with Gasteiger partial charge in [-0.3, -0.25) is 4.79 Å². The number of amides is 1. The van der Waals surface area contributed by atoms with Gasteiger partial charge in [0.25, 0.3) is 0 Å². The topological polar surface area (TPSA) is 78.3 Å². The van der Waals surface area contributed by atoms with E-state index in [1.165, 1.54) is 6.92 Å². The van der Waals surface area contributed by atoms with Crippen LogP contribution in [0, 0.1) is 0 Å². The summed E-state index contributed by atoms with van der Waals surface area (Å²) in [6, 6.07) is 7.78. The third-order valence-corrected chi connectivity index (χ3v) is 3.31. The van der Waals surface area contributed by atoms with E-state index in [-0.39, 0.29) is 5.91 Å². The second-order valence-corrected chi connectivity index (χ2v) is 5.10. The van der Waals surface area contributed by atoms with Gasteiger partial charge >= 0.3 is 0 Å². The molecule has 0 fully saturated rings. The minimum absolute atomic E-state index is 0.0950. The maximum Gasteiger partial charge on any atom is 0.217 e. The number of aromatic nitrogens is 3. The number of methoxy groups -OCH3 is 2. The molecule has 2 aromatic rings. The van der Waals surface area contributed by atoms with Gasteiger partial charge in [-0.2, -0.15) is 5.10 Å². The van der Waals surface area contributed by atoms with E-state index < -0.39 is 0 Å². The minimum atomic E-state index is -0.0950. The molecule has 23 heavy (non-hydrogen) atoms. The second kappa shape index (κ2) is 8.28. The van der Waals surface area contributed by atoms with Crippen LogP contribution in [0.1, 0.15) is 24.1 Å². The zero-order chi connectivity index (χ0) is 16.7. The van der Waals surface area contributed by atoms with Crippen LogP contribution in [0.15, 0.2) is 24.3 Å². The molecule has 0 radical (unpaired) electrons. The predicted molar refractivity (Wildman–Crippen MR) is 85.2 cm³/mol. The number of hydrogen-bond acceptors (Lipinski definition) is 5. The Hall–Kier alpha value is -2.41. The van der Waals surface area contributed by atoms with Gasteiger partial charge in [0.05, 0.1) is 26.8 Å². The SMILES string of the molecule is COCCc1nc(CNC(C)=O)n(Cc2ccc(OC)cc2)n1. The molecule has 0 saturated heterocycles. The van der Waals surface area contributed by atoms with Crippen LogP contribution in [0.25, 0.3) is 0 Å². The molecule has 124 valence electrons. The van der Waals surface area contributed by atoms with Gasteiger partial charge in [0.1, 0.15) is 11.6 Å². The van der Waals surface area contributed by atoms with Crippen molar-refractivity contribution in [1.82, 2.24) is 20.1 Å². The first-order valence-corrected chi connectivity index (χ1v) is 7.41. The summed E-state index contributed by atoms with van der Waals surface area (Å²) in [5.41, 5.74) is 1.08. The summed E-state index contributed by atoms with van der Waals surface area (Å²) in [5, 5.41) is 7.27. The average molecular weight is 318 g/mol. The smallest absolute Gasteiger partial charge is 0.217 e. The van der Waals surface area contributed by atoms with Crippen LogP contribution in [-0.2, 0) is 29.0 Å². The number of hydrogen-bond donors (Lipinski definition) is 1. The van der Waals surface area contributed by atoms with Gasteiger partial charge in [-0.25, -0.2) is 9.67 Å². The molecule has 1 aromatic carbocycles. The molecule has 0 unspecified atom stereocenters. The molecule has 0 spiro atoms. The van der Waals surface area contributed by atoms with Crippen LogP contribution in [0.5, 0.6) is 5.75 Å². The van der Waals surface area contributed by atoms with E-state index in [2.05, 4.69) is 15.4 Å². The third-order valence-electron chi connectivity index (χ3n) is 3.31. The van der Waals surface area contributed by atoms with Crippen LogP contribution in [0.3, 0.4) is 0 Å². The van der Waals surface area contributed by atoms with Crippen molar-refractivity contribution >= 4 is 5.91 Å². The van der Waals surface area contributed by atoms with Gasteiger partial charge in [-0.05, 0) is 17.7 Å². The Morgan fingerprint density at radius 1 is 1.26 bits per heavy atom. The van der Waals surface area contributed by atoms with E-state index in [9.17, 15) is 4.79 Å². The van der Waals surface area contributed by atoms with Gasteiger partial charge in [-0.15, -0.1) is 0 Å². The summed E-state index contributed by atoms with van der Waals surface area (Å²) >= 11 is 0. The van der Waals surface area contributed by atoms with Crippen LogP contribution in [0.2, 0.25) is 0 Å². The van der Waals surface area contributed by atoms with E-state index in [1.54, 1.807) is 14.2 Å². The van der Waals surface area contributed by atoms with E-state index >= 15 is 0 Å². The molecular formula is C16H22N4O3. The summed E-state index contributed by atoms with van der Waals surface area (Å²) in [5.74, 6) is 2.15. The van der Waals surface area contributed by atoms with Crippen LogP contribution >= 0.6 is 0 Å². The molecule has 0 aliphatic carbocycles. The van der Waals surface area contributed by atoms with Crippen molar-refractivity contribution in [3.63, 3.8) is 0 Å². The zero-order valence-corrected chi connectivity index (χ0v) is 13.7. The maximum atomic E-state index is 11.1. The van der Waals surface area contributed by atoms with Crippen molar-refractivity contribution in [2.45, 2.75) is 26.4 Å². The number of nitrogens with zero attached hydrogens (tertiary/aromatic N) is 3. The summed E-state index contributed by atoms with van der Waals surface area (Å²) < 4.78 is 12.0. The molecule has 0 aliphatic rings. The summed E-state index contributed by atoms with van der Waals surface area (Å²) in [4.78, 5) is 15.6. The van der Waals surface area contributed by atoms with Crippen molar-refractivity contribution in [3.8, 4) is 5.75 Å². The number of benzene rings is 1. The minimum Gasteiger partial charge on any atom is -0.497 e. The van der Waals surface area contributed by atoms with E-state index in [0.29, 0.717) is 31.9 Å². The van der Waals surface area contributed by atoms with E-state index in [4.69, 9.17) is 9.47 Å². The van der Waals surface area contributed by atoms with Crippen LogP contribution in [-0.4, -0.2) is 41.5 Å². The first kappa shape index (κ1) is 17.0. The quantitative estimate of drug-likeness (QED) is 0.790. The van der Waals surface area contributed by atoms with Gasteiger partial charge in [0.15, 0.2) is 5.82 Å². The molecule has 2 rings (SSSR count). The van der Waals surface area contributed by atoms with Crippen LogP contribution in [0.4, 0.5) is 0 Å². The Bertz CT molecular complexity index is 637. The molecule has 7 heteroatoms. The fourth-order valence-corrected chi connectivity index (χ4v) is 2.09. The highest BCUT2D eigenvalue weighted by Crippen LogP contribution is 2.13. The van der Waals surface area contributed by atoms with Crippen molar-refractivity contribution in [2.75, 3.05) is 20.8 Å². The summed E-state index contributed by atoms with van der Waals surface area (Å²) in [6.45, 7) is 2.98.